The van der Waals surface area contributed by atoms with Crippen LogP contribution in [-0.4, -0.2) is 19.1 Å². The van der Waals surface area contributed by atoms with Crippen molar-refractivity contribution in [3.8, 4) is 5.75 Å². The molecule has 0 heterocycles. The van der Waals surface area contributed by atoms with E-state index in [0.717, 1.165) is 6.07 Å². The second-order valence-corrected chi connectivity index (χ2v) is 4.17. The molecule has 7 heteroatoms. The summed E-state index contributed by atoms with van der Waals surface area (Å²) in [7, 11) is 0. The van der Waals surface area contributed by atoms with Crippen LogP contribution in [0.25, 0.3) is 0 Å². The van der Waals surface area contributed by atoms with Gasteiger partial charge in [-0.05, 0) is 24.2 Å². The van der Waals surface area contributed by atoms with Gasteiger partial charge in [0, 0.05) is 6.54 Å². The number of amides is 1. The van der Waals surface area contributed by atoms with E-state index in [4.69, 9.17) is 10.5 Å². The van der Waals surface area contributed by atoms with Crippen LogP contribution in [0.15, 0.2) is 18.2 Å². The Hall–Kier alpha value is -1.76. The number of benzene rings is 1. The molecule has 0 fully saturated rings. The largest absolute Gasteiger partial charge is 0.492 e. The van der Waals surface area contributed by atoms with E-state index in [2.05, 4.69) is 5.32 Å². The average Bonchev–Trinajstić information content (AvgIpc) is 2.35. The van der Waals surface area contributed by atoms with Gasteiger partial charge in [-0.15, -0.1) is 0 Å². The summed E-state index contributed by atoms with van der Waals surface area (Å²) in [6.45, 7) is 2.70. The van der Waals surface area contributed by atoms with Crippen LogP contribution in [0, 0.1) is 0 Å². The van der Waals surface area contributed by atoms with E-state index < -0.39 is 17.6 Å². The molecule has 0 atom stereocenters. The molecule has 3 N–H and O–H groups in total. The van der Waals surface area contributed by atoms with Crippen molar-refractivity contribution in [2.24, 2.45) is 5.73 Å². The number of carbonyl (C=O) groups excluding carboxylic acids is 1. The zero-order valence-electron chi connectivity index (χ0n) is 11.1. The van der Waals surface area contributed by atoms with Gasteiger partial charge < -0.3 is 15.8 Å². The van der Waals surface area contributed by atoms with Crippen molar-refractivity contribution in [3.63, 3.8) is 0 Å². The monoisotopic (exact) mass is 290 g/mol. The van der Waals surface area contributed by atoms with Crippen molar-refractivity contribution < 1.29 is 22.7 Å². The van der Waals surface area contributed by atoms with Gasteiger partial charge in [0.05, 0.1) is 18.6 Å². The second kappa shape index (κ2) is 7.14. The summed E-state index contributed by atoms with van der Waals surface area (Å²) in [6.07, 6.45) is -4.64. The van der Waals surface area contributed by atoms with E-state index in [1.54, 1.807) is 6.07 Å². The number of rotatable bonds is 7. The molecule has 1 amide bonds. The SMILES string of the molecule is CCNCc1ccc(OCCC(N)=O)c(C(F)(F)F)c1. The highest BCUT2D eigenvalue weighted by Crippen LogP contribution is 2.36. The molecule has 0 aliphatic carbocycles. The Kier molecular flexibility index (Phi) is 5.82. The summed E-state index contributed by atoms with van der Waals surface area (Å²) >= 11 is 0. The zero-order valence-corrected chi connectivity index (χ0v) is 11.1. The minimum absolute atomic E-state index is 0.129. The Morgan fingerprint density at radius 1 is 1.40 bits per heavy atom. The van der Waals surface area contributed by atoms with Crippen molar-refractivity contribution in [2.75, 3.05) is 13.2 Å². The molecule has 0 aliphatic heterocycles. The normalized spacial score (nSPS) is 11.4. The van der Waals surface area contributed by atoms with Crippen LogP contribution >= 0.6 is 0 Å². The number of carbonyl (C=O) groups is 1. The topological polar surface area (TPSA) is 64.3 Å². The second-order valence-electron chi connectivity index (χ2n) is 4.17. The standard InChI is InChI=1S/C13H17F3N2O2/c1-2-18-8-9-3-4-11(20-6-5-12(17)19)10(7-9)13(14,15)16/h3-4,7,18H,2,5-6,8H2,1H3,(H2,17,19). The maximum Gasteiger partial charge on any atom is 0.419 e. The van der Waals surface area contributed by atoms with E-state index >= 15 is 0 Å². The fraction of sp³-hybridized carbons (Fsp3) is 0.462. The van der Waals surface area contributed by atoms with Crippen molar-refractivity contribution in [2.45, 2.75) is 26.1 Å². The maximum absolute atomic E-state index is 12.9. The molecule has 0 spiro atoms. The number of alkyl halides is 3. The molecule has 112 valence electrons. The van der Waals surface area contributed by atoms with Crippen LogP contribution in [0.4, 0.5) is 13.2 Å². The summed E-state index contributed by atoms with van der Waals surface area (Å²) in [4.78, 5) is 10.6. The van der Waals surface area contributed by atoms with Gasteiger partial charge in [0.2, 0.25) is 5.91 Å². The highest BCUT2D eigenvalue weighted by atomic mass is 19.4. The molecule has 1 rings (SSSR count). The molecule has 0 saturated heterocycles. The van der Waals surface area contributed by atoms with Gasteiger partial charge in [0.25, 0.3) is 0 Å². The Bertz CT molecular complexity index is 461. The number of ether oxygens (including phenoxy) is 1. The van der Waals surface area contributed by atoms with Crippen molar-refractivity contribution in [3.05, 3.63) is 29.3 Å². The Labute approximate surface area is 115 Å². The molecule has 0 bridgehead atoms. The van der Waals surface area contributed by atoms with Crippen molar-refractivity contribution in [1.82, 2.24) is 5.32 Å². The van der Waals surface area contributed by atoms with E-state index in [1.807, 2.05) is 6.92 Å². The molecule has 0 aliphatic rings. The first-order valence-electron chi connectivity index (χ1n) is 6.16. The van der Waals surface area contributed by atoms with Crippen molar-refractivity contribution >= 4 is 5.91 Å². The van der Waals surface area contributed by atoms with Gasteiger partial charge >= 0.3 is 6.18 Å². The predicted octanol–water partition coefficient (Wildman–Crippen LogP) is 2.07. The number of hydrogen-bond acceptors (Lipinski definition) is 3. The van der Waals surface area contributed by atoms with E-state index in [-0.39, 0.29) is 18.8 Å². The summed E-state index contributed by atoms with van der Waals surface area (Å²) in [5, 5.41) is 2.95. The molecule has 0 saturated carbocycles. The Morgan fingerprint density at radius 3 is 2.65 bits per heavy atom. The van der Waals surface area contributed by atoms with Crippen LogP contribution in [0.2, 0.25) is 0 Å². The summed E-state index contributed by atoms with van der Waals surface area (Å²) in [5.41, 5.74) is 4.58. The highest BCUT2D eigenvalue weighted by Gasteiger charge is 2.34. The zero-order chi connectivity index (χ0) is 15.2. The van der Waals surface area contributed by atoms with Crippen LogP contribution in [0.3, 0.4) is 0 Å². The lowest BCUT2D eigenvalue weighted by Crippen LogP contribution is -2.17. The Balaban J connectivity index is 2.89. The number of nitrogens with one attached hydrogen (secondary N) is 1. The fourth-order valence-corrected chi connectivity index (χ4v) is 1.57. The van der Waals surface area contributed by atoms with Crippen LogP contribution in [0.1, 0.15) is 24.5 Å². The van der Waals surface area contributed by atoms with Crippen LogP contribution < -0.4 is 15.8 Å². The fourth-order valence-electron chi connectivity index (χ4n) is 1.57. The molecule has 4 nitrogen and oxygen atoms in total. The van der Waals surface area contributed by atoms with E-state index in [9.17, 15) is 18.0 Å². The van der Waals surface area contributed by atoms with E-state index in [1.165, 1.54) is 6.07 Å². The number of nitrogens with two attached hydrogens (primary N) is 1. The predicted molar refractivity (Wildman–Crippen MR) is 68.1 cm³/mol. The summed E-state index contributed by atoms with van der Waals surface area (Å²) in [6, 6.07) is 3.86. The lowest BCUT2D eigenvalue weighted by Gasteiger charge is -2.15. The molecule has 0 aromatic heterocycles. The first-order chi connectivity index (χ1) is 9.34. The van der Waals surface area contributed by atoms with Gasteiger partial charge in [-0.2, -0.15) is 13.2 Å². The molecule has 20 heavy (non-hydrogen) atoms. The number of hydrogen-bond donors (Lipinski definition) is 2. The van der Waals surface area contributed by atoms with Gasteiger partial charge in [-0.25, -0.2) is 0 Å². The van der Waals surface area contributed by atoms with Gasteiger partial charge in [0.1, 0.15) is 5.75 Å². The highest BCUT2D eigenvalue weighted by molar-refractivity contribution is 5.73. The lowest BCUT2D eigenvalue weighted by atomic mass is 10.1. The molecule has 1 aromatic rings. The molecular formula is C13H17F3N2O2. The smallest absolute Gasteiger partial charge is 0.419 e. The minimum Gasteiger partial charge on any atom is -0.492 e. The maximum atomic E-state index is 12.9. The third kappa shape index (κ3) is 5.08. The van der Waals surface area contributed by atoms with E-state index in [0.29, 0.717) is 18.7 Å². The third-order valence-corrected chi connectivity index (χ3v) is 2.53. The first kappa shape index (κ1) is 16.3. The Morgan fingerprint density at radius 2 is 2.10 bits per heavy atom. The number of primary amides is 1. The average molecular weight is 290 g/mol. The quantitative estimate of drug-likeness (QED) is 0.808. The van der Waals surface area contributed by atoms with Gasteiger partial charge in [0.15, 0.2) is 0 Å². The number of halogens is 3. The molecule has 1 aromatic carbocycles. The first-order valence-corrected chi connectivity index (χ1v) is 6.16. The van der Waals surface area contributed by atoms with Crippen LogP contribution in [0.5, 0.6) is 5.75 Å². The molecule has 0 radical (unpaired) electrons. The van der Waals surface area contributed by atoms with Crippen LogP contribution in [-0.2, 0) is 17.5 Å². The summed E-state index contributed by atoms with van der Waals surface area (Å²) in [5.74, 6) is -0.915. The molecule has 0 unspecified atom stereocenters. The lowest BCUT2D eigenvalue weighted by molar-refractivity contribution is -0.139. The molecular weight excluding hydrogens is 273 g/mol. The minimum atomic E-state index is -4.51. The summed E-state index contributed by atoms with van der Waals surface area (Å²) < 4.78 is 43.8. The van der Waals surface area contributed by atoms with Gasteiger partial charge in [-0.1, -0.05) is 13.0 Å². The van der Waals surface area contributed by atoms with Crippen molar-refractivity contribution in [1.29, 1.82) is 0 Å². The van der Waals surface area contributed by atoms with Gasteiger partial charge in [-0.3, -0.25) is 4.79 Å². The third-order valence-electron chi connectivity index (χ3n) is 2.53.